The second-order valence-electron chi connectivity index (χ2n) is 9.08. The SMILES string of the molecule is Cc1ccccc1C(=O)N1CCC(c2ccn3ncc(C(=O)N4CCCCC4)c3c2)CC1. The highest BCUT2D eigenvalue weighted by Gasteiger charge is 2.27. The molecule has 0 N–H and O–H groups in total. The molecular formula is C26H30N4O2. The molecule has 3 aromatic rings. The van der Waals surface area contributed by atoms with Crippen molar-refractivity contribution in [3.05, 3.63) is 71.0 Å². The summed E-state index contributed by atoms with van der Waals surface area (Å²) in [6.07, 6.45) is 8.89. The molecule has 1 aromatic carbocycles. The van der Waals surface area contributed by atoms with Gasteiger partial charge in [-0.3, -0.25) is 9.59 Å². The minimum absolute atomic E-state index is 0.0931. The standard InChI is InChI=1S/C26H30N4O2/c1-19-7-3-4-8-22(19)25(31)29-14-9-20(10-15-29)21-11-16-30-24(17-21)23(18-27-30)26(32)28-12-5-2-6-13-28/h3-4,7-8,11,16-18,20H,2,5-6,9-10,12-15H2,1H3. The van der Waals surface area contributed by atoms with E-state index in [1.54, 1.807) is 10.7 Å². The maximum Gasteiger partial charge on any atom is 0.257 e. The second kappa shape index (κ2) is 8.77. The minimum atomic E-state index is 0.0931. The normalized spacial score (nSPS) is 17.7. The number of likely N-dealkylation sites (tertiary alicyclic amines) is 2. The first-order valence-corrected chi connectivity index (χ1v) is 11.7. The Bertz CT molecular complexity index is 1140. The van der Waals surface area contributed by atoms with Crippen molar-refractivity contribution in [3.8, 4) is 0 Å². The van der Waals surface area contributed by atoms with Crippen LogP contribution in [0.2, 0.25) is 0 Å². The van der Waals surface area contributed by atoms with E-state index in [1.165, 1.54) is 12.0 Å². The van der Waals surface area contributed by atoms with Crippen LogP contribution in [0.1, 0.15) is 69.9 Å². The average Bonchev–Trinajstić information content (AvgIpc) is 3.27. The van der Waals surface area contributed by atoms with E-state index in [0.717, 1.165) is 68.5 Å². The van der Waals surface area contributed by atoms with Crippen molar-refractivity contribution in [1.82, 2.24) is 19.4 Å². The quantitative estimate of drug-likeness (QED) is 0.623. The van der Waals surface area contributed by atoms with Gasteiger partial charge in [-0.05, 0) is 74.3 Å². The smallest absolute Gasteiger partial charge is 0.257 e. The number of piperidine rings is 2. The molecule has 166 valence electrons. The number of hydrogen-bond acceptors (Lipinski definition) is 3. The van der Waals surface area contributed by atoms with E-state index in [4.69, 9.17) is 0 Å². The topological polar surface area (TPSA) is 57.9 Å². The molecule has 0 spiro atoms. The van der Waals surface area contributed by atoms with Gasteiger partial charge in [0, 0.05) is 37.9 Å². The van der Waals surface area contributed by atoms with Crippen LogP contribution < -0.4 is 0 Å². The zero-order valence-corrected chi connectivity index (χ0v) is 18.7. The molecule has 2 saturated heterocycles. The predicted octanol–water partition coefficient (Wildman–Crippen LogP) is 4.29. The number of amides is 2. The van der Waals surface area contributed by atoms with Gasteiger partial charge in [0.25, 0.3) is 11.8 Å². The van der Waals surface area contributed by atoms with Crippen molar-refractivity contribution >= 4 is 17.3 Å². The summed E-state index contributed by atoms with van der Waals surface area (Å²) >= 11 is 0. The van der Waals surface area contributed by atoms with Crippen LogP contribution in [-0.2, 0) is 0 Å². The number of pyridine rings is 1. The van der Waals surface area contributed by atoms with Crippen molar-refractivity contribution in [3.63, 3.8) is 0 Å². The van der Waals surface area contributed by atoms with Crippen LogP contribution in [0.25, 0.3) is 5.52 Å². The van der Waals surface area contributed by atoms with Crippen LogP contribution in [0.15, 0.2) is 48.8 Å². The molecule has 2 aliphatic heterocycles. The average molecular weight is 431 g/mol. The number of benzene rings is 1. The van der Waals surface area contributed by atoms with Gasteiger partial charge in [0.05, 0.1) is 17.3 Å². The van der Waals surface area contributed by atoms with E-state index in [-0.39, 0.29) is 11.8 Å². The number of nitrogens with zero attached hydrogens (tertiary/aromatic N) is 4. The first kappa shape index (κ1) is 20.7. The first-order valence-electron chi connectivity index (χ1n) is 11.7. The summed E-state index contributed by atoms with van der Waals surface area (Å²) in [5.41, 5.74) is 4.63. The molecule has 32 heavy (non-hydrogen) atoms. The van der Waals surface area contributed by atoms with Crippen molar-refractivity contribution < 1.29 is 9.59 Å². The molecule has 2 aliphatic rings. The summed E-state index contributed by atoms with van der Waals surface area (Å²) in [6.45, 7) is 5.17. The second-order valence-corrected chi connectivity index (χ2v) is 9.08. The number of carbonyl (C=O) groups excluding carboxylic acids is 2. The van der Waals surface area contributed by atoms with E-state index in [2.05, 4.69) is 17.2 Å². The van der Waals surface area contributed by atoms with Gasteiger partial charge < -0.3 is 9.80 Å². The van der Waals surface area contributed by atoms with Gasteiger partial charge in [-0.2, -0.15) is 5.10 Å². The molecule has 0 aliphatic carbocycles. The van der Waals surface area contributed by atoms with E-state index in [1.807, 2.05) is 47.2 Å². The van der Waals surface area contributed by atoms with Crippen LogP contribution in [0.3, 0.4) is 0 Å². The number of rotatable bonds is 3. The molecule has 6 nitrogen and oxygen atoms in total. The van der Waals surface area contributed by atoms with Gasteiger partial charge in [0.1, 0.15) is 0 Å². The molecule has 0 radical (unpaired) electrons. The Morgan fingerprint density at radius 2 is 1.56 bits per heavy atom. The molecule has 2 fully saturated rings. The van der Waals surface area contributed by atoms with Crippen LogP contribution in [-0.4, -0.2) is 57.4 Å². The highest BCUT2D eigenvalue weighted by molar-refractivity contribution is 6.00. The number of hydrogen-bond donors (Lipinski definition) is 0. The van der Waals surface area contributed by atoms with Gasteiger partial charge in [0.15, 0.2) is 0 Å². The van der Waals surface area contributed by atoms with Gasteiger partial charge in [-0.15, -0.1) is 0 Å². The molecule has 0 bridgehead atoms. The molecule has 0 atom stereocenters. The fourth-order valence-corrected chi connectivity index (χ4v) is 5.08. The zero-order chi connectivity index (χ0) is 22.1. The maximum atomic E-state index is 13.1. The number of fused-ring (bicyclic) bond motifs is 1. The van der Waals surface area contributed by atoms with Gasteiger partial charge in [0.2, 0.25) is 0 Å². The third-order valence-electron chi connectivity index (χ3n) is 7.05. The van der Waals surface area contributed by atoms with E-state index < -0.39 is 0 Å². The Balaban J connectivity index is 1.31. The Labute approximate surface area is 188 Å². The molecule has 2 amide bonds. The van der Waals surface area contributed by atoms with E-state index in [0.29, 0.717) is 11.5 Å². The molecule has 5 rings (SSSR count). The third kappa shape index (κ3) is 3.90. The van der Waals surface area contributed by atoms with Gasteiger partial charge in [-0.1, -0.05) is 18.2 Å². The lowest BCUT2D eigenvalue weighted by Gasteiger charge is -2.32. The first-order chi connectivity index (χ1) is 15.6. The Kier molecular flexibility index (Phi) is 5.68. The highest BCUT2D eigenvalue weighted by atomic mass is 16.2. The van der Waals surface area contributed by atoms with Crippen molar-refractivity contribution in [2.24, 2.45) is 0 Å². The van der Waals surface area contributed by atoms with E-state index in [9.17, 15) is 9.59 Å². The zero-order valence-electron chi connectivity index (χ0n) is 18.7. The Hall–Kier alpha value is -3.15. The fourth-order valence-electron chi connectivity index (χ4n) is 5.08. The minimum Gasteiger partial charge on any atom is -0.339 e. The largest absolute Gasteiger partial charge is 0.339 e. The summed E-state index contributed by atoms with van der Waals surface area (Å²) < 4.78 is 1.80. The van der Waals surface area contributed by atoms with E-state index >= 15 is 0 Å². The molecule has 6 heteroatoms. The lowest BCUT2D eigenvalue weighted by Crippen LogP contribution is -2.38. The van der Waals surface area contributed by atoms with Crippen LogP contribution in [0.4, 0.5) is 0 Å². The van der Waals surface area contributed by atoms with Crippen LogP contribution in [0.5, 0.6) is 0 Å². The van der Waals surface area contributed by atoms with Crippen molar-refractivity contribution in [1.29, 1.82) is 0 Å². The van der Waals surface area contributed by atoms with Gasteiger partial charge in [-0.25, -0.2) is 4.52 Å². The van der Waals surface area contributed by atoms with Crippen molar-refractivity contribution in [2.45, 2.75) is 44.9 Å². The Morgan fingerprint density at radius 1 is 0.875 bits per heavy atom. The molecule has 2 aromatic heterocycles. The molecule has 4 heterocycles. The number of carbonyl (C=O) groups is 2. The number of aryl methyl sites for hydroxylation is 1. The van der Waals surface area contributed by atoms with Gasteiger partial charge >= 0.3 is 0 Å². The molecule has 0 saturated carbocycles. The lowest BCUT2D eigenvalue weighted by atomic mass is 9.89. The molecule has 0 unspecified atom stereocenters. The Morgan fingerprint density at radius 3 is 2.31 bits per heavy atom. The van der Waals surface area contributed by atoms with Crippen LogP contribution in [0, 0.1) is 6.92 Å². The number of aromatic nitrogens is 2. The summed E-state index contributed by atoms with van der Waals surface area (Å²) in [6, 6.07) is 12.0. The fraction of sp³-hybridized carbons (Fsp3) is 0.423. The molecular weight excluding hydrogens is 400 g/mol. The third-order valence-corrected chi connectivity index (χ3v) is 7.05. The maximum absolute atomic E-state index is 13.1. The lowest BCUT2D eigenvalue weighted by molar-refractivity contribution is 0.0708. The summed E-state index contributed by atoms with van der Waals surface area (Å²) in [5, 5.41) is 4.41. The predicted molar refractivity (Wildman–Crippen MR) is 124 cm³/mol. The summed E-state index contributed by atoms with van der Waals surface area (Å²) in [5.74, 6) is 0.603. The monoisotopic (exact) mass is 430 g/mol. The summed E-state index contributed by atoms with van der Waals surface area (Å²) in [7, 11) is 0. The highest BCUT2D eigenvalue weighted by Crippen LogP contribution is 2.30. The van der Waals surface area contributed by atoms with Crippen molar-refractivity contribution in [2.75, 3.05) is 26.2 Å². The summed E-state index contributed by atoms with van der Waals surface area (Å²) in [4.78, 5) is 30.0. The van der Waals surface area contributed by atoms with Crippen LogP contribution >= 0.6 is 0 Å².